The van der Waals surface area contributed by atoms with Gasteiger partial charge in [0.2, 0.25) is 0 Å². The molecule has 0 radical (unpaired) electrons. The Labute approximate surface area is 189 Å². The van der Waals surface area contributed by atoms with E-state index >= 15 is 0 Å². The maximum Gasteiger partial charge on any atom is 0.0176 e. The molecule has 0 N–H and O–H groups in total. The van der Waals surface area contributed by atoms with Crippen molar-refractivity contribution >= 4 is 46.2 Å². The minimum atomic E-state index is -0.509. The summed E-state index contributed by atoms with van der Waals surface area (Å²) in [6.45, 7) is 2.28. The molecule has 0 saturated heterocycles. The normalized spacial score (nSPS) is 11.8. The third-order valence-corrected chi connectivity index (χ3v) is 8.76. The predicted octanol–water partition coefficient (Wildman–Crippen LogP) is 8.49. The average Bonchev–Trinajstić information content (AvgIpc) is 2.77. The van der Waals surface area contributed by atoms with Crippen LogP contribution in [0.15, 0.2) is 105 Å². The molecule has 3 heteroatoms. The van der Waals surface area contributed by atoms with Crippen LogP contribution in [0.1, 0.15) is 39.0 Å². The van der Waals surface area contributed by atoms with E-state index in [0.717, 1.165) is 10.9 Å². The van der Waals surface area contributed by atoms with Crippen molar-refractivity contribution in [1.29, 1.82) is 0 Å². The van der Waals surface area contributed by atoms with Crippen LogP contribution in [0.25, 0.3) is 0 Å². The standard InChI is InChI=1S/C26H28BrPS/c1-2-3-4-11-16-26(29-25-19-17-22(27)18-20-25)21-28(23-12-7-5-8-13-23)24-14-9-6-10-15-24/h5-10,12-15,17-21H,2-4,11,16H2,1H3/b26-21-. The van der Waals surface area contributed by atoms with E-state index in [1.54, 1.807) is 0 Å². The fraction of sp³-hybridized carbons (Fsp3) is 0.231. The van der Waals surface area contributed by atoms with Gasteiger partial charge in [-0.2, -0.15) is 0 Å². The third-order valence-electron chi connectivity index (χ3n) is 4.68. The van der Waals surface area contributed by atoms with Gasteiger partial charge in [0.25, 0.3) is 0 Å². The molecule has 0 amide bonds. The summed E-state index contributed by atoms with van der Waals surface area (Å²) in [5.74, 6) is 2.55. The van der Waals surface area contributed by atoms with Crippen molar-refractivity contribution in [2.24, 2.45) is 0 Å². The van der Waals surface area contributed by atoms with Crippen molar-refractivity contribution in [2.45, 2.75) is 43.9 Å². The molecule has 0 aromatic heterocycles. The van der Waals surface area contributed by atoms with E-state index < -0.39 is 7.92 Å². The molecule has 0 atom stereocenters. The van der Waals surface area contributed by atoms with E-state index in [2.05, 4.69) is 114 Å². The van der Waals surface area contributed by atoms with Gasteiger partial charge in [-0.15, -0.1) is 0 Å². The molecule has 29 heavy (non-hydrogen) atoms. The van der Waals surface area contributed by atoms with Gasteiger partial charge >= 0.3 is 0 Å². The van der Waals surface area contributed by atoms with Crippen LogP contribution >= 0.6 is 35.6 Å². The van der Waals surface area contributed by atoms with Crippen LogP contribution in [0.5, 0.6) is 0 Å². The Hall–Kier alpha value is -1.34. The molecule has 0 aliphatic rings. The lowest BCUT2D eigenvalue weighted by Gasteiger charge is -2.17. The summed E-state index contributed by atoms with van der Waals surface area (Å²) in [6.07, 6.45) is 6.32. The molecular formula is C26H28BrPS. The van der Waals surface area contributed by atoms with E-state index in [9.17, 15) is 0 Å². The molecular weight excluding hydrogens is 455 g/mol. The van der Waals surface area contributed by atoms with Gasteiger partial charge in [0.1, 0.15) is 0 Å². The fourth-order valence-corrected chi connectivity index (χ4v) is 6.75. The Kier molecular flexibility index (Phi) is 9.54. The van der Waals surface area contributed by atoms with Gasteiger partial charge in [0, 0.05) is 9.37 Å². The molecule has 0 bridgehead atoms. The number of benzene rings is 3. The van der Waals surface area contributed by atoms with Crippen LogP contribution < -0.4 is 10.6 Å². The van der Waals surface area contributed by atoms with Crippen LogP contribution in [0.2, 0.25) is 0 Å². The predicted molar refractivity (Wildman–Crippen MR) is 136 cm³/mol. The number of allylic oxidation sites excluding steroid dienone is 1. The van der Waals surface area contributed by atoms with Gasteiger partial charge in [-0.05, 0) is 66.4 Å². The van der Waals surface area contributed by atoms with Crippen LogP contribution in [0.3, 0.4) is 0 Å². The quantitative estimate of drug-likeness (QED) is 0.158. The summed E-state index contributed by atoms with van der Waals surface area (Å²) in [5.41, 5.74) is 0. The zero-order valence-corrected chi connectivity index (χ0v) is 20.2. The number of unbranched alkanes of at least 4 members (excludes halogenated alkanes) is 3. The van der Waals surface area contributed by atoms with Gasteiger partial charge in [0.05, 0.1) is 0 Å². The maximum absolute atomic E-state index is 3.55. The topological polar surface area (TPSA) is 0 Å². The molecule has 0 heterocycles. The van der Waals surface area contributed by atoms with Crippen LogP contribution in [-0.4, -0.2) is 0 Å². The summed E-state index contributed by atoms with van der Waals surface area (Å²) in [5, 5.41) is 2.83. The largest absolute Gasteiger partial charge is 0.0945 e. The van der Waals surface area contributed by atoms with Crippen LogP contribution in [0.4, 0.5) is 0 Å². The SMILES string of the molecule is CCCCCC/C(=C/P(c1ccccc1)c1ccccc1)Sc1ccc(Br)cc1. The third kappa shape index (κ3) is 7.45. The molecule has 0 aliphatic heterocycles. The second kappa shape index (κ2) is 12.4. The molecule has 3 aromatic carbocycles. The van der Waals surface area contributed by atoms with Gasteiger partial charge in [0.15, 0.2) is 0 Å². The Morgan fingerprint density at radius 3 is 1.93 bits per heavy atom. The highest BCUT2D eigenvalue weighted by atomic mass is 79.9. The van der Waals surface area contributed by atoms with Crippen LogP contribution in [0, 0.1) is 0 Å². The van der Waals surface area contributed by atoms with Crippen molar-refractivity contribution in [3.63, 3.8) is 0 Å². The number of hydrogen-bond donors (Lipinski definition) is 0. The molecule has 150 valence electrons. The molecule has 0 unspecified atom stereocenters. The van der Waals surface area contributed by atoms with Crippen molar-refractivity contribution in [3.05, 3.63) is 100 Å². The highest BCUT2D eigenvalue weighted by molar-refractivity contribution is 9.10. The zero-order chi connectivity index (χ0) is 20.3. The lowest BCUT2D eigenvalue weighted by molar-refractivity contribution is 0.672. The van der Waals surface area contributed by atoms with Crippen LogP contribution in [-0.2, 0) is 0 Å². The van der Waals surface area contributed by atoms with Crippen molar-refractivity contribution in [2.75, 3.05) is 0 Å². The van der Waals surface area contributed by atoms with E-state index in [-0.39, 0.29) is 0 Å². The summed E-state index contributed by atoms with van der Waals surface area (Å²) in [7, 11) is -0.509. The Bertz CT molecular complexity index is 836. The Morgan fingerprint density at radius 1 is 0.793 bits per heavy atom. The first kappa shape index (κ1) is 22.3. The Balaban J connectivity index is 1.91. The second-order valence-corrected chi connectivity index (χ2v) is 11.1. The number of hydrogen-bond acceptors (Lipinski definition) is 1. The molecule has 3 rings (SSSR count). The first-order valence-electron chi connectivity index (χ1n) is 10.3. The zero-order valence-electron chi connectivity index (χ0n) is 16.9. The monoisotopic (exact) mass is 482 g/mol. The van der Waals surface area contributed by atoms with E-state index in [1.807, 2.05) is 11.8 Å². The highest BCUT2D eigenvalue weighted by Crippen LogP contribution is 2.42. The van der Waals surface area contributed by atoms with E-state index in [0.29, 0.717) is 0 Å². The molecule has 3 aromatic rings. The minimum Gasteiger partial charge on any atom is -0.0945 e. The maximum atomic E-state index is 3.55. The van der Waals surface area contributed by atoms with Gasteiger partial charge in [-0.25, -0.2) is 0 Å². The number of halogens is 1. The summed E-state index contributed by atoms with van der Waals surface area (Å²) in [4.78, 5) is 2.80. The highest BCUT2D eigenvalue weighted by Gasteiger charge is 2.13. The van der Waals surface area contributed by atoms with Crippen molar-refractivity contribution in [3.8, 4) is 0 Å². The molecule has 0 aliphatic carbocycles. The Morgan fingerprint density at radius 2 is 1.38 bits per heavy atom. The van der Waals surface area contributed by atoms with Gasteiger partial charge < -0.3 is 0 Å². The number of thioether (sulfide) groups is 1. The fourth-order valence-electron chi connectivity index (χ4n) is 3.14. The smallest absolute Gasteiger partial charge is 0.0176 e. The summed E-state index contributed by atoms with van der Waals surface area (Å²) >= 11 is 5.48. The molecule has 0 spiro atoms. The van der Waals surface area contributed by atoms with E-state index in [4.69, 9.17) is 0 Å². The lowest BCUT2D eigenvalue weighted by atomic mass is 10.1. The minimum absolute atomic E-state index is 0.509. The summed E-state index contributed by atoms with van der Waals surface area (Å²) < 4.78 is 1.13. The molecule has 0 nitrogen and oxygen atoms in total. The first-order valence-corrected chi connectivity index (χ1v) is 13.3. The summed E-state index contributed by atoms with van der Waals surface area (Å²) in [6, 6.07) is 30.6. The van der Waals surface area contributed by atoms with Crippen molar-refractivity contribution in [1.82, 2.24) is 0 Å². The first-order chi connectivity index (χ1) is 14.3. The van der Waals surface area contributed by atoms with Crippen molar-refractivity contribution < 1.29 is 0 Å². The molecule has 0 saturated carbocycles. The lowest BCUT2D eigenvalue weighted by Crippen LogP contribution is -2.09. The molecule has 0 fully saturated rings. The van der Waals surface area contributed by atoms with Gasteiger partial charge in [-0.3, -0.25) is 0 Å². The van der Waals surface area contributed by atoms with Gasteiger partial charge in [-0.1, -0.05) is 115 Å². The second-order valence-electron chi connectivity index (χ2n) is 7.00. The average molecular weight is 483 g/mol. The number of rotatable bonds is 10. The van der Waals surface area contributed by atoms with E-state index in [1.165, 1.54) is 46.1 Å².